The molecule has 52 valence electrons. The van der Waals surface area contributed by atoms with Crippen LogP contribution >= 0.6 is 23.2 Å². The van der Waals surface area contributed by atoms with E-state index in [1.165, 1.54) is 0 Å². The molecular formula is C2H5Cl2O3S-. The number of alkyl halides is 2. The predicted molar refractivity (Wildman–Crippen MR) is 33.0 cm³/mol. The SMILES string of the molecule is ClCCCl.O=S([O-])O. The minimum atomic E-state index is -2.86. The fourth-order valence-electron chi connectivity index (χ4n) is 0. The average molecular weight is 180 g/mol. The molecule has 0 aliphatic carbocycles. The van der Waals surface area contributed by atoms with Crippen LogP contribution in [0.2, 0.25) is 0 Å². The molecule has 1 N–H and O–H groups in total. The van der Waals surface area contributed by atoms with E-state index in [-0.39, 0.29) is 0 Å². The van der Waals surface area contributed by atoms with Crippen molar-refractivity contribution in [1.29, 1.82) is 0 Å². The van der Waals surface area contributed by atoms with Crippen molar-refractivity contribution in [3.05, 3.63) is 0 Å². The van der Waals surface area contributed by atoms with Crippen molar-refractivity contribution in [2.24, 2.45) is 0 Å². The molecule has 0 saturated carbocycles. The number of halogens is 2. The Labute approximate surface area is 60.1 Å². The summed E-state index contributed by atoms with van der Waals surface area (Å²) in [7, 11) is 0. The van der Waals surface area contributed by atoms with Crippen molar-refractivity contribution in [2.45, 2.75) is 0 Å². The van der Waals surface area contributed by atoms with Crippen molar-refractivity contribution in [2.75, 3.05) is 11.8 Å². The van der Waals surface area contributed by atoms with Gasteiger partial charge in [-0.15, -0.1) is 23.2 Å². The summed E-state index contributed by atoms with van der Waals surface area (Å²) in [5.41, 5.74) is 0. The van der Waals surface area contributed by atoms with Gasteiger partial charge in [0.1, 0.15) is 0 Å². The Hall–Kier alpha value is 0.650. The summed E-state index contributed by atoms with van der Waals surface area (Å²) in [4.78, 5) is 0. The highest BCUT2D eigenvalue weighted by atomic mass is 35.5. The summed E-state index contributed by atoms with van der Waals surface area (Å²) in [6.07, 6.45) is 0. The molecule has 6 heteroatoms. The lowest BCUT2D eigenvalue weighted by atomic mass is 11.0. The second-order valence-corrected chi connectivity index (χ2v) is 1.79. The van der Waals surface area contributed by atoms with E-state index in [4.69, 9.17) is 36.5 Å². The van der Waals surface area contributed by atoms with E-state index in [1.54, 1.807) is 0 Å². The van der Waals surface area contributed by atoms with E-state index in [2.05, 4.69) is 0 Å². The van der Waals surface area contributed by atoms with E-state index in [1.807, 2.05) is 0 Å². The van der Waals surface area contributed by atoms with Gasteiger partial charge in [-0.3, -0.25) is 0 Å². The van der Waals surface area contributed by atoms with Gasteiger partial charge in [0.25, 0.3) is 0 Å². The number of rotatable bonds is 1. The zero-order valence-corrected chi connectivity index (χ0v) is 6.17. The van der Waals surface area contributed by atoms with Crippen LogP contribution in [0.5, 0.6) is 0 Å². The first-order valence-electron chi connectivity index (χ1n) is 1.55. The molecule has 1 unspecified atom stereocenters. The summed E-state index contributed by atoms with van der Waals surface area (Å²) in [5.74, 6) is 1.11. The molecule has 0 saturated heterocycles. The van der Waals surface area contributed by atoms with Crippen LogP contribution in [0.3, 0.4) is 0 Å². The van der Waals surface area contributed by atoms with Gasteiger partial charge in [-0.25, -0.2) is 4.21 Å². The maximum Gasteiger partial charge on any atom is 0.0814 e. The molecule has 0 heterocycles. The highest BCUT2D eigenvalue weighted by Crippen LogP contribution is 1.75. The van der Waals surface area contributed by atoms with Crippen LogP contribution in [0.4, 0.5) is 0 Å². The Morgan fingerprint density at radius 1 is 1.50 bits per heavy atom. The zero-order chi connectivity index (χ0) is 6.99. The Morgan fingerprint density at radius 2 is 1.62 bits per heavy atom. The van der Waals surface area contributed by atoms with Crippen LogP contribution in [0.25, 0.3) is 0 Å². The van der Waals surface area contributed by atoms with Crippen molar-refractivity contribution < 1.29 is 13.3 Å². The van der Waals surface area contributed by atoms with E-state index in [9.17, 15) is 0 Å². The Bertz CT molecular complexity index is 53.2. The van der Waals surface area contributed by atoms with E-state index in [0.717, 1.165) is 0 Å². The molecule has 0 aliphatic rings. The van der Waals surface area contributed by atoms with Crippen molar-refractivity contribution in [3.8, 4) is 0 Å². The Balaban J connectivity index is 0. The average Bonchev–Trinajstić information content (AvgIpc) is 1.65. The third-order valence-corrected chi connectivity index (χ3v) is 0.643. The van der Waals surface area contributed by atoms with Crippen molar-refractivity contribution in [3.63, 3.8) is 0 Å². The normalized spacial score (nSPS) is 11.5. The summed E-state index contributed by atoms with van der Waals surface area (Å²) in [6.45, 7) is 0. The van der Waals surface area contributed by atoms with Crippen LogP contribution in [-0.2, 0) is 11.4 Å². The van der Waals surface area contributed by atoms with E-state index < -0.39 is 11.4 Å². The monoisotopic (exact) mass is 179 g/mol. The van der Waals surface area contributed by atoms with E-state index >= 15 is 0 Å². The van der Waals surface area contributed by atoms with Crippen LogP contribution in [0.15, 0.2) is 0 Å². The molecule has 0 fully saturated rings. The molecule has 0 rings (SSSR count). The fourth-order valence-corrected chi connectivity index (χ4v) is 0. The maximum absolute atomic E-state index is 8.56. The van der Waals surface area contributed by atoms with Gasteiger partial charge in [0.15, 0.2) is 0 Å². The quantitative estimate of drug-likeness (QED) is 0.479. The summed E-state index contributed by atoms with van der Waals surface area (Å²) < 4.78 is 24.1. The lowest BCUT2D eigenvalue weighted by molar-refractivity contribution is 0.436. The molecule has 0 radical (unpaired) electrons. The van der Waals surface area contributed by atoms with Crippen LogP contribution < -0.4 is 0 Å². The summed E-state index contributed by atoms with van der Waals surface area (Å²) in [6, 6.07) is 0. The first-order chi connectivity index (χ1) is 3.65. The molecule has 0 amide bonds. The number of hydrogen-bond donors (Lipinski definition) is 1. The van der Waals surface area contributed by atoms with Gasteiger partial charge in [-0.05, 0) is 0 Å². The zero-order valence-electron chi connectivity index (χ0n) is 3.84. The lowest BCUT2D eigenvalue weighted by Gasteiger charge is -1.83. The van der Waals surface area contributed by atoms with Gasteiger partial charge in [0.05, 0.1) is 11.4 Å². The smallest absolute Gasteiger partial charge is 0.0814 e. The van der Waals surface area contributed by atoms with Crippen LogP contribution in [0.1, 0.15) is 0 Å². The summed E-state index contributed by atoms with van der Waals surface area (Å²) in [5, 5.41) is 0. The molecule has 0 aromatic carbocycles. The fraction of sp³-hybridized carbons (Fsp3) is 1.00. The topological polar surface area (TPSA) is 60.4 Å². The standard InChI is InChI=1S/C2H4Cl2.H2O3S/c3-1-2-4;1-4(2)3/h1-2H2;(H2,1,2,3)/p-1. The third kappa shape index (κ3) is 78.0. The van der Waals surface area contributed by atoms with Gasteiger partial charge in [0, 0.05) is 11.8 Å². The molecule has 3 nitrogen and oxygen atoms in total. The largest absolute Gasteiger partial charge is 0.750 e. The second-order valence-electron chi connectivity index (χ2n) is 0.595. The molecule has 0 aromatic heterocycles. The minimum absolute atomic E-state index is 0.557. The first kappa shape index (κ1) is 11.4. The highest BCUT2D eigenvalue weighted by molar-refractivity contribution is 7.73. The highest BCUT2D eigenvalue weighted by Gasteiger charge is 1.61. The molecule has 1 atom stereocenters. The molecule has 8 heavy (non-hydrogen) atoms. The molecular weight excluding hydrogens is 175 g/mol. The Kier molecular flexibility index (Phi) is 15.2. The van der Waals surface area contributed by atoms with E-state index in [0.29, 0.717) is 11.8 Å². The molecule has 0 spiro atoms. The van der Waals surface area contributed by atoms with Gasteiger partial charge in [-0.1, -0.05) is 0 Å². The maximum atomic E-state index is 8.56. The van der Waals surface area contributed by atoms with Crippen LogP contribution in [-0.4, -0.2) is 25.1 Å². The second kappa shape index (κ2) is 10.6. The van der Waals surface area contributed by atoms with Gasteiger partial charge in [-0.2, -0.15) is 0 Å². The third-order valence-electron chi connectivity index (χ3n) is 0.0714. The van der Waals surface area contributed by atoms with Gasteiger partial charge >= 0.3 is 0 Å². The van der Waals surface area contributed by atoms with Gasteiger partial charge in [0.2, 0.25) is 0 Å². The van der Waals surface area contributed by atoms with Crippen molar-refractivity contribution >= 4 is 34.6 Å². The molecule has 0 aromatic rings. The predicted octanol–water partition coefficient (Wildman–Crippen LogP) is 0.802. The summed E-state index contributed by atoms with van der Waals surface area (Å²) >= 11 is 7.25. The Morgan fingerprint density at radius 3 is 1.62 bits per heavy atom. The molecule has 0 aliphatic heterocycles. The minimum Gasteiger partial charge on any atom is -0.750 e. The van der Waals surface area contributed by atoms with Crippen LogP contribution in [0, 0.1) is 0 Å². The van der Waals surface area contributed by atoms with Gasteiger partial charge < -0.3 is 9.11 Å². The lowest BCUT2D eigenvalue weighted by Crippen LogP contribution is -1.75. The number of hydrogen-bond acceptors (Lipinski definition) is 2. The molecule has 0 bridgehead atoms. The first-order valence-corrected chi connectivity index (χ1v) is 3.65. The van der Waals surface area contributed by atoms with Crippen molar-refractivity contribution in [1.82, 2.24) is 0 Å².